The van der Waals surface area contributed by atoms with E-state index in [0.29, 0.717) is 137 Å². The number of amides is 3. The summed E-state index contributed by atoms with van der Waals surface area (Å²) in [5, 5.41) is 14.2. The topological polar surface area (TPSA) is 352 Å². The summed E-state index contributed by atoms with van der Waals surface area (Å²) in [5.74, 6) is 4.73. The number of carbonyl (C=O) groups excluding carboxylic acids is 3. The predicted octanol–water partition coefficient (Wildman–Crippen LogP) is 14.4. The average molecular weight is 1610 g/mol. The Morgan fingerprint density at radius 3 is 1.20 bits per heavy atom. The number of rotatable bonds is 14. The standard InChI is InChI=1S/C26H28FN7O2.C21H25ClN6O2.C21H20FN7.C12H15Cl2N3O2/c1-26(2,3)36-25(35)34-11-9-19-18(15-34)24(33-23(32-19)16-12-17(27)14-28-13-16)29-10-8-22-30-20-6-4-5-7-21(20)31-22;1-21(2,3)30-20(29)28-11-9-14-13(12-28)18(27-19(22)26-14)23-10-8-17-24-15-6-4-5-7-16(15)25-17;22-14-9-13(10-24-11-14)20-28-16-5-7-23-12-15(16)21(29-20)25-8-6-19-26-17-3-1-2-4-18(17)27-19;1-12(2,3)19-11(18)17-5-4-8-7(6-17)9(13)16-10(14)15-8/h4-7,12-14H,8-11,15H2,1-3H3,(H,30,31)(H,29,32,33);4-7H,8-12H2,1-3H3,(H,24,25)(H,23,26,27);1-4,9-11,23H,5-8,12H2,(H,26,27)(H,25,28,29);4-6H2,1-3H3. The van der Waals surface area contributed by atoms with Crippen molar-refractivity contribution in [2.75, 3.05) is 61.8 Å². The summed E-state index contributed by atoms with van der Waals surface area (Å²) in [6.45, 7) is 22.6. The molecule has 0 radical (unpaired) electrons. The molecule has 0 fully saturated rings. The number of carbonyl (C=O) groups is 3. The third-order valence-corrected chi connectivity index (χ3v) is 18.8. The van der Waals surface area contributed by atoms with E-state index in [1.807, 2.05) is 135 Å². The molecule has 0 bridgehead atoms. The molecule has 3 amide bonds. The van der Waals surface area contributed by atoms with Crippen molar-refractivity contribution in [3.05, 3.63) is 200 Å². The van der Waals surface area contributed by atoms with Crippen molar-refractivity contribution in [3.63, 3.8) is 0 Å². The molecule has 13 heterocycles. The van der Waals surface area contributed by atoms with Crippen LogP contribution >= 0.6 is 34.8 Å². The van der Waals surface area contributed by atoms with Crippen LogP contribution in [0, 0.1) is 11.6 Å². The molecular formula is C80H88Cl3F2N23O6. The second kappa shape index (κ2) is 35.3. The monoisotopic (exact) mass is 1610 g/mol. The molecule has 0 spiro atoms. The molecule has 3 aromatic carbocycles. The lowest BCUT2D eigenvalue weighted by Gasteiger charge is -2.31. The fourth-order valence-corrected chi connectivity index (χ4v) is 13.6. The number of imidazole rings is 3. The van der Waals surface area contributed by atoms with Gasteiger partial charge in [-0.2, -0.15) is 0 Å². The Balaban J connectivity index is 0.000000135. The third kappa shape index (κ3) is 21.3. The summed E-state index contributed by atoms with van der Waals surface area (Å²) in [4.78, 5) is 109. The smallest absolute Gasteiger partial charge is 0.410 e. The molecule has 4 aliphatic rings. The van der Waals surface area contributed by atoms with Crippen LogP contribution < -0.4 is 21.3 Å². The van der Waals surface area contributed by atoms with Crippen LogP contribution in [0.3, 0.4) is 0 Å². The largest absolute Gasteiger partial charge is 0.444 e. The van der Waals surface area contributed by atoms with Gasteiger partial charge in [-0.15, -0.1) is 0 Å². The number of H-pyrrole nitrogens is 3. The highest BCUT2D eigenvalue weighted by Crippen LogP contribution is 2.33. The summed E-state index contributed by atoms with van der Waals surface area (Å²) in [6.07, 6.45) is 9.00. The number of pyridine rings is 2. The van der Waals surface area contributed by atoms with Gasteiger partial charge in [-0.25, -0.2) is 78.0 Å². The molecule has 0 saturated carbocycles. The zero-order valence-corrected chi connectivity index (χ0v) is 66.9. The lowest BCUT2D eigenvalue weighted by molar-refractivity contribution is 0.0212. The Hall–Kier alpha value is -11.4. The van der Waals surface area contributed by atoms with Gasteiger partial charge < -0.3 is 65.1 Å². The van der Waals surface area contributed by atoms with Gasteiger partial charge in [-0.05, 0) is 134 Å². The summed E-state index contributed by atoms with van der Waals surface area (Å²) in [6, 6.07) is 26.6. The first-order valence-corrected chi connectivity index (χ1v) is 38.6. The van der Waals surface area contributed by atoms with Gasteiger partial charge in [0.25, 0.3) is 0 Å². The fourth-order valence-electron chi connectivity index (χ4n) is 13.0. The summed E-state index contributed by atoms with van der Waals surface area (Å²) >= 11 is 17.9. The average Bonchev–Trinajstić information content (AvgIpc) is 1.00. The molecule has 0 unspecified atom stereocenters. The summed E-state index contributed by atoms with van der Waals surface area (Å²) in [7, 11) is 0. The number of ether oxygens (including phenoxy) is 3. The van der Waals surface area contributed by atoms with E-state index >= 15 is 0 Å². The van der Waals surface area contributed by atoms with Crippen LogP contribution in [0.1, 0.15) is 125 Å². The number of halogens is 5. The Morgan fingerprint density at radius 2 is 0.798 bits per heavy atom. The number of hydrogen-bond donors (Lipinski definition) is 7. The molecule has 12 aromatic rings. The molecule has 7 N–H and O–H groups in total. The molecule has 0 atom stereocenters. The quantitative estimate of drug-likeness (QED) is 0.0302. The summed E-state index contributed by atoms with van der Waals surface area (Å²) < 4.78 is 43.9. The number of fused-ring (bicyclic) bond motifs is 7. The van der Waals surface area contributed by atoms with E-state index in [4.69, 9.17) is 59.0 Å². The number of aromatic nitrogens is 16. The third-order valence-electron chi connectivity index (χ3n) is 18.2. The van der Waals surface area contributed by atoms with Crippen molar-refractivity contribution in [1.82, 2.24) is 99.8 Å². The Morgan fingerprint density at radius 1 is 0.439 bits per heavy atom. The van der Waals surface area contributed by atoms with E-state index in [1.54, 1.807) is 27.1 Å². The van der Waals surface area contributed by atoms with Gasteiger partial charge in [0, 0.05) is 143 Å². The molecule has 9 aromatic heterocycles. The second-order valence-corrected chi connectivity index (χ2v) is 31.4. The molecule has 29 nitrogen and oxygen atoms in total. The van der Waals surface area contributed by atoms with Crippen LogP contribution in [-0.4, -0.2) is 175 Å². The molecular weight excluding hydrogens is 1520 g/mol. The molecule has 0 saturated heterocycles. The normalized spacial score (nSPS) is 13.9. The molecule has 34 heteroatoms. The minimum Gasteiger partial charge on any atom is -0.444 e. The van der Waals surface area contributed by atoms with Crippen molar-refractivity contribution >= 4 is 104 Å². The zero-order valence-electron chi connectivity index (χ0n) is 64.6. The van der Waals surface area contributed by atoms with Gasteiger partial charge in [-0.3, -0.25) is 9.97 Å². The van der Waals surface area contributed by atoms with Gasteiger partial charge in [0.15, 0.2) is 11.6 Å². The fraction of sp³-hybridized carbons (Fsp3) is 0.375. The van der Waals surface area contributed by atoms with Gasteiger partial charge in [0.05, 0.1) is 87.9 Å². The second-order valence-electron chi connectivity index (χ2n) is 30.4. The number of nitrogens with one attached hydrogen (secondary N) is 7. The first-order chi connectivity index (χ1) is 54.5. The van der Waals surface area contributed by atoms with E-state index in [-0.39, 0.29) is 28.8 Å². The predicted molar refractivity (Wildman–Crippen MR) is 431 cm³/mol. The molecule has 0 aliphatic carbocycles. The van der Waals surface area contributed by atoms with Gasteiger partial charge in [0.1, 0.15) is 68.5 Å². The number of para-hydroxylation sites is 6. The van der Waals surface area contributed by atoms with Gasteiger partial charge >= 0.3 is 18.3 Å². The molecule has 4 aliphatic heterocycles. The molecule has 16 rings (SSSR count). The maximum Gasteiger partial charge on any atom is 0.410 e. The maximum atomic E-state index is 13.8. The lowest BCUT2D eigenvalue weighted by atomic mass is 10.1. The number of anilines is 3. The van der Waals surface area contributed by atoms with Crippen molar-refractivity contribution < 1.29 is 37.4 Å². The number of nitrogens with zero attached hydrogens (tertiary/aromatic N) is 16. The maximum absolute atomic E-state index is 13.8. The van der Waals surface area contributed by atoms with Crippen LogP contribution in [0.2, 0.25) is 15.7 Å². The van der Waals surface area contributed by atoms with Crippen LogP contribution in [-0.2, 0) is 85.3 Å². The van der Waals surface area contributed by atoms with Crippen LogP contribution in [0.5, 0.6) is 0 Å². The van der Waals surface area contributed by atoms with Crippen molar-refractivity contribution in [1.29, 1.82) is 0 Å². The van der Waals surface area contributed by atoms with Gasteiger partial charge in [-0.1, -0.05) is 48.0 Å². The molecule has 114 heavy (non-hydrogen) atoms. The molecule has 594 valence electrons. The van der Waals surface area contributed by atoms with Crippen molar-refractivity contribution in [2.45, 2.75) is 150 Å². The lowest BCUT2D eigenvalue weighted by Crippen LogP contribution is -2.40. The number of benzene rings is 3. The highest BCUT2D eigenvalue weighted by molar-refractivity contribution is 6.32. The SMILES string of the molecule is CC(C)(C)OC(=O)N1CCc2nc(-c3cncc(F)c3)nc(NCCc3nc4ccccc4[nH]3)c2C1.CC(C)(C)OC(=O)N1CCc2nc(Cl)nc(Cl)c2C1.CC(C)(C)OC(=O)N1CCc2nc(Cl)nc(NCCc3nc4ccccc4[nH]3)c2C1.Fc1cncc(-c2nc3c(c(NCCc4nc5ccccc5[nH]4)n2)CNCC3)c1. The van der Waals surface area contributed by atoms with Crippen LogP contribution in [0.25, 0.3) is 55.9 Å². The van der Waals surface area contributed by atoms with E-state index in [0.717, 1.165) is 127 Å². The Kier molecular flexibility index (Phi) is 25.0. The Labute approximate surface area is 671 Å². The van der Waals surface area contributed by atoms with Gasteiger partial charge in [0.2, 0.25) is 10.6 Å². The first kappa shape index (κ1) is 80.6. The van der Waals surface area contributed by atoms with E-state index in [9.17, 15) is 23.2 Å². The number of aromatic amines is 3. The highest BCUT2D eigenvalue weighted by Gasteiger charge is 2.33. The van der Waals surface area contributed by atoms with E-state index in [1.165, 1.54) is 18.3 Å². The first-order valence-electron chi connectivity index (χ1n) is 37.5. The van der Waals surface area contributed by atoms with Crippen LogP contribution in [0.4, 0.5) is 40.6 Å². The minimum absolute atomic E-state index is 0.134. The van der Waals surface area contributed by atoms with Crippen molar-refractivity contribution in [2.24, 2.45) is 0 Å². The van der Waals surface area contributed by atoms with E-state index < -0.39 is 28.4 Å². The Bertz CT molecular complexity index is 5380. The van der Waals surface area contributed by atoms with Crippen molar-refractivity contribution in [3.8, 4) is 22.8 Å². The van der Waals surface area contributed by atoms with Crippen LogP contribution in [0.15, 0.2) is 110 Å². The minimum atomic E-state index is -0.588. The highest BCUT2D eigenvalue weighted by atomic mass is 35.5. The number of hydrogen-bond acceptors (Lipinski definition) is 23. The zero-order chi connectivity index (χ0) is 80.4. The van der Waals surface area contributed by atoms with E-state index in [2.05, 4.69) is 91.0 Å². The summed E-state index contributed by atoms with van der Waals surface area (Å²) in [5.41, 5.74) is 12.3.